The van der Waals surface area contributed by atoms with Gasteiger partial charge in [-0.05, 0) is 80.8 Å². The number of phenols is 1. The number of nitrogens with zero attached hydrogens (tertiary/aromatic N) is 3. The van der Waals surface area contributed by atoms with E-state index in [2.05, 4.69) is 21.9 Å². The van der Waals surface area contributed by atoms with E-state index in [-0.39, 0.29) is 11.7 Å². The van der Waals surface area contributed by atoms with E-state index in [1.165, 1.54) is 5.56 Å². The molecule has 0 radical (unpaired) electrons. The Labute approximate surface area is 213 Å². The first kappa shape index (κ1) is 25.1. The first-order chi connectivity index (χ1) is 17.0. The van der Waals surface area contributed by atoms with Crippen molar-refractivity contribution in [2.45, 2.75) is 39.3 Å². The summed E-state index contributed by atoms with van der Waals surface area (Å²) in [6, 6.07) is 23.7. The molecule has 0 bridgehead atoms. The molecule has 3 aromatic rings. The van der Waals surface area contributed by atoms with E-state index in [0.29, 0.717) is 24.7 Å². The van der Waals surface area contributed by atoms with Crippen LogP contribution < -0.4 is 4.90 Å². The second-order valence-corrected chi connectivity index (χ2v) is 9.48. The zero-order valence-corrected chi connectivity index (χ0v) is 21.3. The quantitative estimate of drug-likeness (QED) is 0.400. The molecule has 1 saturated heterocycles. The monoisotopic (exact) mass is 491 g/mol. The molecule has 1 heterocycles. The smallest absolute Gasteiger partial charge is 0.253 e. The fraction of sp³-hybridized carbons (Fsp3) is 0.345. The van der Waals surface area contributed by atoms with Crippen LogP contribution in [0.25, 0.3) is 0 Å². The van der Waals surface area contributed by atoms with E-state index < -0.39 is 0 Å². The summed E-state index contributed by atoms with van der Waals surface area (Å²) in [5, 5.41) is 10.9. The van der Waals surface area contributed by atoms with Gasteiger partial charge in [0.1, 0.15) is 5.75 Å². The molecule has 0 unspecified atom stereocenters. The molecule has 0 atom stereocenters. The molecule has 4 rings (SSSR count). The van der Waals surface area contributed by atoms with Gasteiger partial charge in [0.05, 0.1) is 0 Å². The number of aromatic hydroxyl groups is 1. The summed E-state index contributed by atoms with van der Waals surface area (Å²) in [6.45, 7) is 8.28. The molecule has 0 saturated carbocycles. The van der Waals surface area contributed by atoms with Crippen LogP contribution in [-0.4, -0.2) is 53.0 Å². The average Bonchev–Trinajstić information content (AvgIpc) is 2.88. The van der Waals surface area contributed by atoms with Crippen molar-refractivity contribution in [2.24, 2.45) is 0 Å². The summed E-state index contributed by atoms with van der Waals surface area (Å²) in [4.78, 5) is 19.4. The molecule has 184 valence electrons. The lowest BCUT2D eigenvalue weighted by atomic mass is 10.00. The highest BCUT2D eigenvalue weighted by Gasteiger charge is 2.27. The number of anilines is 2. The predicted molar refractivity (Wildman–Crippen MR) is 144 cm³/mol. The second kappa shape index (κ2) is 11.6. The maximum Gasteiger partial charge on any atom is 0.253 e. The Kier molecular flexibility index (Phi) is 8.32. The summed E-state index contributed by atoms with van der Waals surface area (Å²) in [7, 11) is 0. The van der Waals surface area contributed by atoms with Gasteiger partial charge in [0.15, 0.2) is 0 Å². The van der Waals surface area contributed by atoms with E-state index >= 15 is 0 Å². The first-order valence-electron chi connectivity index (χ1n) is 12.4. The first-order valence-corrected chi connectivity index (χ1v) is 12.8. The highest BCUT2D eigenvalue weighted by molar-refractivity contribution is 6.30. The third-order valence-electron chi connectivity index (χ3n) is 6.79. The maximum atomic E-state index is 12.8. The Morgan fingerprint density at radius 1 is 0.943 bits per heavy atom. The number of rotatable bonds is 8. The fourth-order valence-electron chi connectivity index (χ4n) is 4.86. The van der Waals surface area contributed by atoms with Crippen LogP contribution in [0.5, 0.6) is 5.75 Å². The van der Waals surface area contributed by atoms with Crippen LogP contribution in [0.1, 0.15) is 42.6 Å². The van der Waals surface area contributed by atoms with Crippen molar-refractivity contribution >= 4 is 28.9 Å². The molecule has 1 aliphatic heterocycles. The molecule has 35 heavy (non-hydrogen) atoms. The Hall–Kier alpha value is -3.02. The van der Waals surface area contributed by atoms with Crippen molar-refractivity contribution in [1.82, 2.24) is 9.80 Å². The second-order valence-electron chi connectivity index (χ2n) is 9.05. The number of amides is 1. The van der Waals surface area contributed by atoms with Crippen LogP contribution >= 0.6 is 11.6 Å². The highest BCUT2D eigenvalue weighted by atomic mass is 35.5. The molecule has 3 aromatic carbocycles. The van der Waals surface area contributed by atoms with Gasteiger partial charge in [-0.2, -0.15) is 0 Å². The summed E-state index contributed by atoms with van der Waals surface area (Å²) in [5.74, 6) is 0.307. The van der Waals surface area contributed by atoms with Crippen LogP contribution in [-0.2, 0) is 6.54 Å². The summed E-state index contributed by atoms with van der Waals surface area (Å²) >= 11 is 6.04. The minimum Gasteiger partial charge on any atom is -0.508 e. The highest BCUT2D eigenvalue weighted by Crippen LogP contribution is 2.34. The molecule has 5 nitrogen and oxygen atoms in total. The van der Waals surface area contributed by atoms with E-state index in [1.54, 1.807) is 6.07 Å². The molecule has 0 aliphatic carbocycles. The number of carbonyl (C=O) groups excluding carboxylic acids is 1. The number of piperidine rings is 1. The Balaban J connectivity index is 1.52. The molecule has 0 aromatic heterocycles. The van der Waals surface area contributed by atoms with Crippen molar-refractivity contribution in [2.75, 3.05) is 31.1 Å². The van der Waals surface area contributed by atoms with Crippen LogP contribution in [0.3, 0.4) is 0 Å². The normalized spacial score (nSPS) is 14.6. The van der Waals surface area contributed by atoms with Gasteiger partial charge in [0.25, 0.3) is 5.91 Å². The molecule has 1 amide bonds. The van der Waals surface area contributed by atoms with E-state index in [1.807, 2.05) is 73.3 Å². The van der Waals surface area contributed by atoms with E-state index in [4.69, 9.17) is 11.6 Å². The standard InChI is InChI=1S/C29H34ClN3O2/c1-3-32(4-2)29(35)23-10-14-25(15-11-23)33(27-6-5-7-28(34)20-27)26-16-18-31(19-17-26)21-22-8-12-24(30)13-9-22/h5-15,20,26,34H,3-4,16-19,21H2,1-2H3. The molecule has 6 heteroatoms. The van der Waals surface area contributed by atoms with E-state index in [9.17, 15) is 9.90 Å². The van der Waals surface area contributed by atoms with Gasteiger partial charge in [-0.25, -0.2) is 0 Å². The molecule has 1 fully saturated rings. The third-order valence-corrected chi connectivity index (χ3v) is 7.04. The van der Waals surface area contributed by atoms with E-state index in [0.717, 1.165) is 48.9 Å². The van der Waals surface area contributed by atoms with Gasteiger partial charge >= 0.3 is 0 Å². The number of halogens is 1. The Morgan fingerprint density at radius 2 is 1.60 bits per heavy atom. The van der Waals surface area contributed by atoms with Gasteiger partial charge in [0.2, 0.25) is 0 Å². The number of likely N-dealkylation sites (tertiary alicyclic amines) is 1. The number of hydrogen-bond donors (Lipinski definition) is 1. The number of carbonyl (C=O) groups is 1. The summed E-state index contributed by atoms with van der Waals surface area (Å²) < 4.78 is 0. The molecule has 0 spiro atoms. The lowest BCUT2D eigenvalue weighted by Crippen LogP contribution is -2.42. The molecular weight excluding hydrogens is 458 g/mol. The zero-order valence-electron chi connectivity index (χ0n) is 20.5. The van der Waals surface area contributed by atoms with Gasteiger partial charge in [-0.3, -0.25) is 9.69 Å². The number of benzene rings is 3. The SMILES string of the molecule is CCN(CC)C(=O)c1ccc(N(c2cccc(O)c2)C2CCN(Cc3ccc(Cl)cc3)CC2)cc1. The molecular formula is C29H34ClN3O2. The minimum atomic E-state index is 0.0564. The van der Waals surface area contributed by atoms with Gasteiger partial charge < -0.3 is 14.9 Å². The summed E-state index contributed by atoms with van der Waals surface area (Å²) in [5.41, 5.74) is 3.96. The van der Waals surface area contributed by atoms with Crippen LogP contribution in [0.4, 0.5) is 11.4 Å². The summed E-state index contributed by atoms with van der Waals surface area (Å²) in [6.07, 6.45) is 2.01. The van der Waals surface area contributed by atoms with Crippen molar-refractivity contribution in [3.8, 4) is 5.75 Å². The lowest BCUT2D eigenvalue weighted by Gasteiger charge is -2.40. The van der Waals surface area contributed by atoms with Gasteiger partial charge in [0, 0.05) is 66.8 Å². The largest absolute Gasteiger partial charge is 0.508 e. The van der Waals surface area contributed by atoms with Crippen LogP contribution in [0, 0.1) is 0 Å². The lowest BCUT2D eigenvalue weighted by molar-refractivity contribution is 0.0773. The maximum absolute atomic E-state index is 12.8. The van der Waals surface area contributed by atoms with Crippen molar-refractivity contribution in [1.29, 1.82) is 0 Å². The van der Waals surface area contributed by atoms with Crippen molar-refractivity contribution < 1.29 is 9.90 Å². The molecule has 1 N–H and O–H groups in total. The Bertz CT molecular complexity index is 1110. The van der Waals surface area contributed by atoms with Crippen molar-refractivity contribution in [3.63, 3.8) is 0 Å². The van der Waals surface area contributed by atoms with Gasteiger partial charge in [-0.15, -0.1) is 0 Å². The minimum absolute atomic E-state index is 0.0564. The third kappa shape index (κ3) is 6.16. The van der Waals surface area contributed by atoms with Crippen LogP contribution in [0.15, 0.2) is 72.8 Å². The predicted octanol–water partition coefficient (Wildman–Crippen LogP) is 6.33. The Morgan fingerprint density at radius 3 is 2.20 bits per heavy atom. The zero-order chi connectivity index (χ0) is 24.8. The number of hydrogen-bond acceptors (Lipinski definition) is 4. The topological polar surface area (TPSA) is 47.0 Å². The van der Waals surface area contributed by atoms with Gasteiger partial charge in [-0.1, -0.05) is 29.8 Å². The molecule has 1 aliphatic rings. The number of phenolic OH excluding ortho intramolecular Hbond substituents is 1. The fourth-order valence-corrected chi connectivity index (χ4v) is 4.98. The van der Waals surface area contributed by atoms with Crippen LogP contribution in [0.2, 0.25) is 5.02 Å². The van der Waals surface area contributed by atoms with Crippen molar-refractivity contribution in [3.05, 3.63) is 88.9 Å². The average molecular weight is 492 g/mol.